The Morgan fingerprint density at radius 3 is 1.27 bits per heavy atom. The van der Waals surface area contributed by atoms with Gasteiger partial charge >= 0.3 is 5.97 Å². The number of aliphatic carboxylic acids is 1. The number of nitrogens with zero attached hydrogens (tertiary/aromatic N) is 6. The number of carboxylic acids is 1. The average molecular weight is 1120 g/mol. The zero-order valence-corrected chi connectivity index (χ0v) is 48.6. The van der Waals surface area contributed by atoms with Gasteiger partial charge < -0.3 is 45.2 Å². The van der Waals surface area contributed by atoms with Gasteiger partial charge in [0, 0.05) is 94.6 Å². The number of benzene rings is 4. The molecule has 4 aromatic rings. The Hall–Kier alpha value is -5.44. The number of ether oxygens (including phenoxy) is 2. The number of sulfonamides is 2. The van der Waals surface area contributed by atoms with Crippen LogP contribution >= 0.6 is 0 Å². The maximum atomic E-state index is 13.2. The van der Waals surface area contributed by atoms with Gasteiger partial charge in [0.05, 0.1) is 30.4 Å². The fourth-order valence-corrected chi connectivity index (χ4v) is 14.3. The molecule has 0 bridgehead atoms. The molecule has 4 fully saturated rings. The van der Waals surface area contributed by atoms with E-state index in [2.05, 4.69) is 49.2 Å². The van der Waals surface area contributed by atoms with E-state index < -0.39 is 26.0 Å². The third kappa shape index (κ3) is 17.3. The first-order valence-electron chi connectivity index (χ1n) is 27.4. The molecular formula is C59H90N8O9S2. The summed E-state index contributed by atoms with van der Waals surface area (Å²) in [6.45, 7) is 16.5. The van der Waals surface area contributed by atoms with Crippen LogP contribution in [-0.4, -0.2) is 158 Å². The Bertz CT molecular complexity index is 2720. The van der Waals surface area contributed by atoms with Crippen LogP contribution in [0, 0.1) is 27.7 Å². The molecular weight excluding hydrogens is 1030 g/mol. The summed E-state index contributed by atoms with van der Waals surface area (Å²) in [7, 11) is -1.48. The van der Waals surface area contributed by atoms with Crippen molar-refractivity contribution < 1.29 is 41.0 Å². The van der Waals surface area contributed by atoms with Gasteiger partial charge in [-0.3, -0.25) is 9.59 Å². The Morgan fingerprint density at radius 1 is 0.577 bits per heavy atom. The zero-order valence-electron chi connectivity index (χ0n) is 46.9. The number of likely N-dealkylation sites (tertiary alicyclic amines) is 2. The second kappa shape index (κ2) is 29.7. The summed E-state index contributed by atoms with van der Waals surface area (Å²) >= 11 is 0. The van der Waals surface area contributed by atoms with Crippen LogP contribution in [0.15, 0.2) is 82.6 Å². The lowest BCUT2D eigenvalue weighted by molar-refractivity contribution is -0.137. The maximum Gasteiger partial charge on any atom is 0.304 e. The van der Waals surface area contributed by atoms with Crippen molar-refractivity contribution in [2.75, 3.05) is 115 Å². The molecule has 4 heterocycles. The number of nitrogens with two attached hydrogens (primary N) is 1. The van der Waals surface area contributed by atoms with Gasteiger partial charge in [0.2, 0.25) is 26.0 Å². The van der Waals surface area contributed by atoms with E-state index >= 15 is 0 Å². The van der Waals surface area contributed by atoms with Gasteiger partial charge in [0.1, 0.15) is 11.5 Å². The number of nitrogen functional groups attached to an aromatic ring is 1. The van der Waals surface area contributed by atoms with Gasteiger partial charge in [-0.15, -0.1) is 0 Å². The third-order valence-corrected chi connectivity index (χ3v) is 19.8. The highest BCUT2D eigenvalue weighted by Gasteiger charge is 2.30. The molecule has 4 aromatic carbocycles. The number of carbonyl (C=O) groups is 2. The highest BCUT2D eigenvalue weighted by Crippen LogP contribution is 2.31. The Morgan fingerprint density at radius 2 is 0.923 bits per heavy atom. The predicted octanol–water partition coefficient (Wildman–Crippen LogP) is 9.18. The molecule has 0 spiro atoms. The average Bonchev–Trinajstić information content (AvgIpc) is 3.45. The number of hydrogen-bond acceptors (Lipinski definition) is 13. The Kier molecular flexibility index (Phi) is 24.1. The number of aryl methyl sites for hydroxylation is 4. The number of piperidine rings is 4. The molecule has 0 radical (unpaired) electrons. The summed E-state index contributed by atoms with van der Waals surface area (Å²) in [5.41, 5.74) is 12.2. The monoisotopic (exact) mass is 1120 g/mol. The van der Waals surface area contributed by atoms with Crippen LogP contribution in [0.25, 0.3) is 0 Å². The minimum atomic E-state index is -3.73. The first-order valence-corrected chi connectivity index (χ1v) is 30.3. The van der Waals surface area contributed by atoms with Gasteiger partial charge in [-0.05, 0) is 200 Å². The largest absolute Gasteiger partial charge is 0.497 e. The molecule has 78 heavy (non-hydrogen) atoms. The summed E-state index contributed by atoms with van der Waals surface area (Å²) in [6, 6.07) is 24.5. The highest BCUT2D eigenvalue weighted by molar-refractivity contribution is 7.89. The van der Waals surface area contributed by atoms with E-state index in [0.717, 1.165) is 29.1 Å². The predicted molar refractivity (Wildman–Crippen MR) is 315 cm³/mol. The quantitative estimate of drug-likeness (QED) is 0.0846. The van der Waals surface area contributed by atoms with Gasteiger partial charge in [-0.1, -0.05) is 20.3 Å². The van der Waals surface area contributed by atoms with Crippen LogP contribution in [0.1, 0.15) is 107 Å². The second-order valence-electron chi connectivity index (χ2n) is 21.0. The molecule has 4 aliphatic heterocycles. The number of nitrogens with one attached hydrogen (secondary N) is 1. The molecule has 0 atom stereocenters. The van der Waals surface area contributed by atoms with Crippen LogP contribution in [-0.2, 0) is 29.6 Å². The molecule has 8 rings (SSSR count). The topological polar surface area (TPSA) is 199 Å². The van der Waals surface area contributed by atoms with E-state index in [1.807, 2.05) is 24.3 Å². The minimum Gasteiger partial charge on any atom is -0.497 e. The molecule has 17 nitrogen and oxygen atoms in total. The van der Waals surface area contributed by atoms with E-state index in [-0.39, 0.29) is 49.1 Å². The van der Waals surface area contributed by atoms with Crippen molar-refractivity contribution in [2.45, 2.75) is 134 Å². The first kappa shape index (κ1) is 63.4. The van der Waals surface area contributed by atoms with Crippen molar-refractivity contribution in [3.05, 3.63) is 95.1 Å². The highest BCUT2D eigenvalue weighted by atomic mass is 32.2. The SMILES string of the molecule is C.COc1cc(C)c(S(=O)(=O)N(C)CCC(=O)Nc2ccc(N3CCC(N4CCCCC4)CC3)cc2)c(C)c1.COc1cc(C)c(S(=O)(=O)N(C)CCC(=O)O)c(C)c1.Nc1ccc(N2CCC(N3CCCCC3)CC2)cc1. The third-order valence-electron chi connectivity index (χ3n) is 15.5. The molecule has 0 saturated carbocycles. The number of amides is 1. The van der Waals surface area contributed by atoms with E-state index in [1.54, 1.807) is 59.1 Å². The van der Waals surface area contributed by atoms with E-state index in [1.165, 1.54) is 140 Å². The summed E-state index contributed by atoms with van der Waals surface area (Å²) in [4.78, 5) is 33.9. The first-order chi connectivity index (χ1) is 36.7. The van der Waals surface area contributed by atoms with Crippen LogP contribution < -0.4 is 30.3 Å². The molecule has 4 aliphatic rings. The fourth-order valence-electron chi connectivity index (χ4n) is 11.1. The van der Waals surface area contributed by atoms with Gasteiger partial charge in [-0.2, -0.15) is 0 Å². The van der Waals surface area contributed by atoms with Crippen molar-refractivity contribution in [3.8, 4) is 11.5 Å². The summed E-state index contributed by atoms with van der Waals surface area (Å²) in [6.07, 6.45) is 13.1. The molecule has 0 unspecified atom stereocenters. The fraction of sp³-hybridized carbons (Fsp3) is 0.559. The van der Waals surface area contributed by atoms with Crippen LogP contribution in [0.2, 0.25) is 0 Å². The Balaban J connectivity index is 0.000000236. The number of hydrogen-bond donors (Lipinski definition) is 3. The van der Waals surface area contributed by atoms with Crippen molar-refractivity contribution in [3.63, 3.8) is 0 Å². The number of carboxylic acid groups (broad SMARTS) is 1. The molecule has 432 valence electrons. The van der Waals surface area contributed by atoms with Gasteiger partial charge in [0.25, 0.3) is 0 Å². The number of rotatable bonds is 17. The van der Waals surface area contributed by atoms with E-state index in [9.17, 15) is 26.4 Å². The molecule has 19 heteroatoms. The second-order valence-corrected chi connectivity index (χ2v) is 25.0. The molecule has 4 saturated heterocycles. The Labute approximate surface area is 467 Å². The zero-order chi connectivity index (χ0) is 55.9. The van der Waals surface area contributed by atoms with Crippen molar-refractivity contribution in [1.29, 1.82) is 0 Å². The van der Waals surface area contributed by atoms with E-state index in [4.69, 9.17) is 20.3 Å². The van der Waals surface area contributed by atoms with Crippen LogP contribution in [0.5, 0.6) is 11.5 Å². The standard InChI is InChI=1S/C29H42N4O4S.C16H25N3.C13H19NO5S.CH4/c1-22-20-27(37-4)21-23(2)29(22)38(35,36)31(3)17-14-28(34)30-24-8-10-25(11-9-24)33-18-12-26(13-19-33)32-15-6-5-7-16-32;17-14-4-6-15(7-5-14)19-12-8-16(9-13-19)18-10-2-1-3-11-18;1-9-7-11(19-4)8-10(2)13(9)20(17,18)14(3)6-5-12(15)16;/h8-11,20-21,26H,5-7,12-19H2,1-4H3,(H,30,34);4-7,16H,1-3,8-13,17H2;7-8H,5-6H2,1-4H3,(H,15,16);1H4. The number of carbonyl (C=O) groups excluding carboxylic acids is 1. The number of anilines is 4. The van der Waals surface area contributed by atoms with Crippen molar-refractivity contribution >= 4 is 54.7 Å². The number of methoxy groups -OCH3 is 2. The lowest BCUT2D eigenvalue weighted by Gasteiger charge is -2.41. The van der Waals surface area contributed by atoms with Crippen LogP contribution in [0.3, 0.4) is 0 Å². The van der Waals surface area contributed by atoms with Gasteiger partial charge in [0.15, 0.2) is 0 Å². The molecule has 0 aromatic heterocycles. The van der Waals surface area contributed by atoms with E-state index in [0.29, 0.717) is 45.5 Å². The lowest BCUT2D eigenvalue weighted by atomic mass is 9.99. The summed E-state index contributed by atoms with van der Waals surface area (Å²) < 4.78 is 64.0. The van der Waals surface area contributed by atoms with Crippen molar-refractivity contribution in [2.24, 2.45) is 0 Å². The van der Waals surface area contributed by atoms with Crippen LogP contribution in [0.4, 0.5) is 22.7 Å². The van der Waals surface area contributed by atoms with Crippen molar-refractivity contribution in [1.82, 2.24) is 18.4 Å². The summed E-state index contributed by atoms with van der Waals surface area (Å²) in [5, 5.41) is 11.5. The normalized spacial score (nSPS) is 17.1. The molecule has 1 amide bonds. The maximum absolute atomic E-state index is 13.2. The minimum absolute atomic E-state index is 0. The molecule has 0 aliphatic carbocycles. The van der Waals surface area contributed by atoms with Gasteiger partial charge in [-0.25, -0.2) is 25.4 Å². The smallest absolute Gasteiger partial charge is 0.304 e. The molecule has 4 N–H and O–H groups in total. The summed E-state index contributed by atoms with van der Waals surface area (Å²) in [5.74, 6) is -0.0402. The lowest BCUT2D eigenvalue weighted by Crippen LogP contribution is -2.46.